The van der Waals surface area contributed by atoms with E-state index in [0.29, 0.717) is 18.0 Å². The maximum absolute atomic E-state index is 11.7. The number of hydrogen-bond acceptors (Lipinski definition) is 5. The molecule has 0 aliphatic carbocycles. The Labute approximate surface area is 114 Å². The monoisotopic (exact) mass is 287 g/mol. The van der Waals surface area contributed by atoms with Crippen LogP contribution in [0.1, 0.15) is 24.8 Å². The fourth-order valence-corrected chi connectivity index (χ4v) is 2.80. The third-order valence-corrected chi connectivity index (χ3v) is 4.16. The lowest BCUT2D eigenvalue weighted by Crippen LogP contribution is -2.08. The summed E-state index contributed by atoms with van der Waals surface area (Å²) in [6.45, 7) is 2.57. The van der Waals surface area contributed by atoms with E-state index >= 15 is 0 Å². The number of hydrogen-bond donors (Lipinski definition) is 1. The standard InChI is InChI=1S/C13H21NO4S/c1-9(5-6-14)10-7-12(18-3)13(19(4,15)16)8-11(10)17-2/h7-9H,5-6,14H2,1-4H3. The predicted molar refractivity (Wildman–Crippen MR) is 74.7 cm³/mol. The summed E-state index contributed by atoms with van der Waals surface area (Å²) in [6.07, 6.45) is 1.94. The number of benzene rings is 1. The van der Waals surface area contributed by atoms with Crippen LogP contribution in [0.25, 0.3) is 0 Å². The lowest BCUT2D eigenvalue weighted by Gasteiger charge is -2.18. The van der Waals surface area contributed by atoms with E-state index in [1.807, 2.05) is 6.92 Å². The van der Waals surface area contributed by atoms with Crippen LogP contribution < -0.4 is 15.2 Å². The van der Waals surface area contributed by atoms with E-state index in [4.69, 9.17) is 15.2 Å². The molecule has 0 bridgehead atoms. The largest absolute Gasteiger partial charge is 0.496 e. The van der Waals surface area contributed by atoms with Crippen LogP contribution in [0, 0.1) is 0 Å². The first-order valence-corrected chi connectivity index (χ1v) is 7.90. The van der Waals surface area contributed by atoms with Crippen LogP contribution in [-0.2, 0) is 9.84 Å². The molecule has 0 spiro atoms. The first-order valence-electron chi connectivity index (χ1n) is 6.01. The Kier molecular flexibility index (Phi) is 5.20. The van der Waals surface area contributed by atoms with Gasteiger partial charge < -0.3 is 15.2 Å². The van der Waals surface area contributed by atoms with Gasteiger partial charge in [0, 0.05) is 17.9 Å². The molecule has 1 unspecified atom stereocenters. The van der Waals surface area contributed by atoms with Crippen LogP contribution in [0.15, 0.2) is 17.0 Å². The highest BCUT2D eigenvalue weighted by molar-refractivity contribution is 7.90. The van der Waals surface area contributed by atoms with Crippen LogP contribution >= 0.6 is 0 Å². The average Bonchev–Trinajstić information content (AvgIpc) is 2.36. The molecule has 0 aromatic heterocycles. The number of nitrogens with two attached hydrogens (primary N) is 1. The zero-order chi connectivity index (χ0) is 14.6. The molecule has 5 nitrogen and oxygen atoms in total. The molecular weight excluding hydrogens is 266 g/mol. The first kappa shape index (κ1) is 15.8. The van der Waals surface area contributed by atoms with Crippen molar-refractivity contribution in [3.63, 3.8) is 0 Å². The van der Waals surface area contributed by atoms with E-state index in [-0.39, 0.29) is 10.8 Å². The van der Waals surface area contributed by atoms with Crippen LogP contribution in [-0.4, -0.2) is 35.4 Å². The maximum atomic E-state index is 11.7. The van der Waals surface area contributed by atoms with Gasteiger partial charge in [-0.1, -0.05) is 6.92 Å². The summed E-state index contributed by atoms with van der Waals surface area (Å²) < 4.78 is 33.9. The Morgan fingerprint density at radius 3 is 2.21 bits per heavy atom. The van der Waals surface area contributed by atoms with Gasteiger partial charge in [-0.3, -0.25) is 0 Å². The van der Waals surface area contributed by atoms with Gasteiger partial charge in [-0.2, -0.15) is 0 Å². The van der Waals surface area contributed by atoms with E-state index < -0.39 is 9.84 Å². The molecular formula is C13H21NO4S. The molecule has 6 heteroatoms. The van der Waals surface area contributed by atoms with Crippen LogP contribution in [0.2, 0.25) is 0 Å². The number of ether oxygens (including phenoxy) is 2. The second-order valence-electron chi connectivity index (χ2n) is 4.50. The highest BCUT2D eigenvalue weighted by Crippen LogP contribution is 2.36. The molecule has 0 saturated carbocycles. The Morgan fingerprint density at radius 1 is 1.21 bits per heavy atom. The fraction of sp³-hybridized carbons (Fsp3) is 0.538. The van der Waals surface area contributed by atoms with Crippen LogP contribution in [0.4, 0.5) is 0 Å². The summed E-state index contributed by atoms with van der Waals surface area (Å²) in [5.41, 5.74) is 6.46. The Balaban J connectivity index is 3.44. The molecule has 1 rings (SSSR count). The molecule has 0 aliphatic heterocycles. The summed E-state index contributed by atoms with van der Waals surface area (Å²) in [7, 11) is -0.390. The van der Waals surface area contributed by atoms with Gasteiger partial charge in [0.05, 0.1) is 14.2 Å². The lowest BCUT2D eigenvalue weighted by molar-refractivity contribution is 0.386. The third kappa shape index (κ3) is 3.61. The summed E-state index contributed by atoms with van der Waals surface area (Å²) in [5.74, 6) is 1.05. The van der Waals surface area contributed by atoms with Gasteiger partial charge in [0.25, 0.3) is 0 Å². The van der Waals surface area contributed by atoms with Crippen molar-refractivity contribution in [3.05, 3.63) is 17.7 Å². The van der Waals surface area contributed by atoms with Gasteiger partial charge in [-0.15, -0.1) is 0 Å². The Bertz CT molecular complexity index is 540. The topological polar surface area (TPSA) is 78.6 Å². The molecule has 0 saturated heterocycles. The average molecular weight is 287 g/mol. The second kappa shape index (κ2) is 6.25. The molecule has 19 heavy (non-hydrogen) atoms. The summed E-state index contributed by atoms with van der Waals surface area (Å²) >= 11 is 0. The highest BCUT2D eigenvalue weighted by Gasteiger charge is 2.20. The molecule has 0 aliphatic rings. The summed E-state index contributed by atoms with van der Waals surface area (Å²) in [5, 5.41) is 0. The minimum Gasteiger partial charge on any atom is -0.496 e. The highest BCUT2D eigenvalue weighted by atomic mass is 32.2. The number of methoxy groups -OCH3 is 2. The number of sulfone groups is 1. The van der Waals surface area contributed by atoms with Gasteiger partial charge in [0.1, 0.15) is 16.4 Å². The van der Waals surface area contributed by atoms with Crippen molar-refractivity contribution >= 4 is 9.84 Å². The van der Waals surface area contributed by atoms with Crippen LogP contribution in [0.3, 0.4) is 0 Å². The van der Waals surface area contributed by atoms with Crippen molar-refractivity contribution in [1.29, 1.82) is 0 Å². The van der Waals surface area contributed by atoms with E-state index in [1.54, 1.807) is 6.07 Å². The zero-order valence-corrected chi connectivity index (χ0v) is 12.6. The predicted octanol–water partition coefficient (Wildman–Crippen LogP) is 1.56. The fourth-order valence-electron chi connectivity index (χ4n) is 1.97. The third-order valence-electron chi connectivity index (χ3n) is 3.05. The van der Waals surface area contributed by atoms with Crippen LogP contribution in [0.5, 0.6) is 11.5 Å². The van der Waals surface area contributed by atoms with Crippen molar-refractivity contribution in [1.82, 2.24) is 0 Å². The molecule has 1 atom stereocenters. The lowest BCUT2D eigenvalue weighted by atomic mass is 9.96. The first-order chi connectivity index (χ1) is 8.85. The molecule has 1 aromatic carbocycles. The minimum absolute atomic E-state index is 0.135. The molecule has 2 N–H and O–H groups in total. The molecule has 108 valence electrons. The van der Waals surface area contributed by atoms with Gasteiger partial charge in [0.15, 0.2) is 9.84 Å². The molecule has 1 aromatic rings. The van der Waals surface area contributed by atoms with E-state index in [1.165, 1.54) is 20.3 Å². The maximum Gasteiger partial charge on any atom is 0.179 e. The van der Waals surface area contributed by atoms with Crippen molar-refractivity contribution in [3.8, 4) is 11.5 Å². The van der Waals surface area contributed by atoms with E-state index in [9.17, 15) is 8.42 Å². The van der Waals surface area contributed by atoms with Gasteiger partial charge in [0.2, 0.25) is 0 Å². The number of rotatable bonds is 6. The van der Waals surface area contributed by atoms with E-state index in [2.05, 4.69) is 0 Å². The molecule has 0 radical (unpaired) electrons. The van der Waals surface area contributed by atoms with Gasteiger partial charge >= 0.3 is 0 Å². The van der Waals surface area contributed by atoms with Gasteiger partial charge in [-0.25, -0.2) is 8.42 Å². The normalized spacial score (nSPS) is 13.1. The quantitative estimate of drug-likeness (QED) is 0.859. The van der Waals surface area contributed by atoms with Crippen molar-refractivity contribution < 1.29 is 17.9 Å². The summed E-state index contributed by atoms with van der Waals surface area (Å²) in [6, 6.07) is 3.23. The molecule has 0 heterocycles. The zero-order valence-electron chi connectivity index (χ0n) is 11.8. The summed E-state index contributed by atoms with van der Waals surface area (Å²) in [4.78, 5) is 0.135. The minimum atomic E-state index is -3.36. The SMILES string of the molecule is COc1cc(S(C)(=O)=O)c(OC)cc1C(C)CCN. The van der Waals surface area contributed by atoms with Gasteiger partial charge in [-0.05, 0) is 24.9 Å². The van der Waals surface area contributed by atoms with E-state index in [0.717, 1.165) is 18.2 Å². The van der Waals surface area contributed by atoms with Crippen molar-refractivity contribution in [2.24, 2.45) is 5.73 Å². The molecule has 0 amide bonds. The Hall–Kier alpha value is -1.27. The van der Waals surface area contributed by atoms with Crippen molar-refractivity contribution in [2.75, 3.05) is 27.0 Å². The molecule has 0 fully saturated rings. The second-order valence-corrected chi connectivity index (χ2v) is 6.48. The smallest absolute Gasteiger partial charge is 0.179 e. The Morgan fingerprint density at radius 2 is 1.79 bits per heavy atom. The van der Waals surface area contributed by atoms with Crippen molar-refractivity contribution in [2.45, 2.75) is 24.2 Å².